The summed E-state index contributed by atoms with van der Waals surface area (Å²) >= 11 is 0. The third-order valence-corrected chi connectivity index (χ3v) is 19.1. The van der Waals surface area contributed by atoms with Crippen LogP contribution in [0.4, 0.5) is 11.4 Å². The SMILES string of the molecule is CCCCCCCCCCCCCCCC#CC(=Nc1ccc(CCCCC)c(CCCCC)c1)C(C=CCCCCCCCCCCCCCCCCCCCCCC)=Nc1ccc(CCCCC)c(CCCCC)c1.CCCCCc1cc([O-])c([O-])c(CC)c1.[Ni+2]. The third-order valence-electron chi connectivity index (χ3n) is 19.1. The zero-order valence-electron chi connectivity index (χ0n) is 62.4. The molecule has 0 fully saturated rings. The number of unbranched alkanes of at least 4 members (excludes halogenated alkanes) is 43. The second-order valence-corrected chi connectivity index (χ2v) is 27.8. The van der Waals surface area contributed by atoms with Crippen molar-refractivity contribution < 1.29 is 26.7 Å². The summed E-state index contributed by atoms with van der Waals surface area (Å²) < 4.78 is 0. The number of nitrogens with zero attached hydrogens (tertiary/aromatic N) is 2. The first-order valence-electron chi connectivity index (χ1n) is 40.3. The first-order chi connectivity index (χ1) is 45.3. The molecule has 0 bridgehead atoms. The number of aryl methyl sites for hydroxylation is 6. The van der Waals surface area contributed by atoms with Gasteiger partial charge >= 0.3 is 16.5 Å². The predicted octanol–water partition coefficient (Wildman–Crippen LogP) is 27.8. The van der Waals surface area contributed by atoms with E-state index in [1.807, 2.05) is 13.0 Å². The van der Waals surface area contributed by atoms with Crippen LogP contribution in [0.1, 0.15) is 410 Å². The van der Waals surface area contributed by atoms with Crippen molar-refractivity contribution in [1.29, 1.82) is 0 Å². The smallest absolute Gasteiger partial charge is 0.873 e. The van der Waals surface area contributed by atoms with Crippen molar-refractivity contribution in [3.05, 3.63) is 94.1 Å². The fraction of sp³-hybridized carbons (Fsp3) is 0.727. The van der Waals surface area contributed by atoms with Gasteiger partial charge in [0.25, 0.3) is 0 Å². The molecule has 0 unspecified atom stereocenters. The largest absolute Gasteiger partial charge is 2.00 e. The fourth-order valence-electron chi connectivity index (χ4n) is 13.0. The molecule has 0 saturated carbocycles. The molecule has 0 aliphatic heterocycles. The van der Waals surface area contributed by atoms with Crippen LogP contribution in [0.25, 0.3) is 0 Å². The Morgan fingerprint density at radius 2 is 0.677 bits per heavy atom. The van der Waals surface area contributed by atoms with Crippen LogP contribution in [0.3, 0.4) is 0 Å². The molecular weight excluding hydrogens is 1180 g/mol. The molecule has 0 atom stereocenters. The second kappa shape index (κ2) is 64.4. The molecule has 4 nitrogen and oxygen atoms in total. The number of hydrogen-bond acceptors (Lipinski definition) is 4. The summed E-state index contributed by atoms with van der Waals surface area (Å²) in [4.78, 5) is 11.0. The summed E-state index contributed by atoms with van der Waals surface area (Å²) in [6.07, 6.45) is 77.5. The summed E-state index contributed by atoms with van der Waals surface area (Å²) in [7, 11) is 0. The molecule has 3 aromatic carbocycles. The number of allylic oxidation sites excluding steroid dienone is 2. The molecule has 0 aliphatic carbocycles. The zero-order valence-corrected chi connectivity index (χ0v) is 63.4. The van der Waals surface area contributed by atoms with Gasteiger partial charge in [-0.25, -0.2) is 9.98 Å². The van der Waals surface area contributed by atoms with Gasteiger partial charge in [0, 0.05) is 6.42 Å². The normalized spacial score (nSPS) is 11.7. The molecule has 0 aliphatic rings. The van der Waals surface area contributed by atoms with Crippen LogP contribution in [-0.4, -0.2) is 11.4 Å². The quantitative estimate of drug-likeness (QED) is 0.0245. The minimum Gasteiger partial charge on any atom is -0.873 e. The van der Waals surface area contributed by atoms with Gasteiger partial charge < -0.3 is 10.2 Å². The Morgan fingerprint density at radius 3 is 1.06 bits per heavy atom. The molecule has 0 radical (unpaired) electrons. The molecule has 3 aromatic rings. The maximum absolute atomic E-state index is 11.4. The van der Waals surface area contributed by atoms with Crippen molar-refractivity contribution in [3.8, 4) is 23.3 Å². The van der Waals surface area contributed by atoms with Gasteiger partial charge in [-0.05, 0) is 154 Å². The summed E-state index contributed by atoms with van der Waals surface area (Å²) in [6, 6.07) is 17.6. The van der Waals surface area contributed by atoms with Gasteiger partial charge in [0.1, 0.15) is 5.71 Å². The standard InChI is InChI=1S/C75H128N2.C13H20O2.Ni/c1-7-13-19-21-23-25-27-29-31-32-33-34-35-36-37-39-41-43-45-47-49-55-61-75(77-73-65-63-69(57-51-16-10-4)71(67-73)59-53-18-12-6)74(60-54-48-46-44-42-40-38-30-28-26-24-22-20-14-8-2)76-72-64-62-68(56-50-15-9-3)70(66-72)58-52-17-11-5;1-3-5-6-7-10-8-11(4-2)13(15)12(14)9-10;/h55,61-67H,7-53,56-59H2,1-6H3;8-9,14-15H,3-7H2,1-2H3;/q;;+2/p-2. The molecule has 0 aromatic heterocycles. The Morgan fingerprint density at radius 1 is 0.344 bits per heavy atom. The minimum absolute atomic E-state index is 0. The summed E-state index contributed by atoms with van der Waals surface area (Å²) in [6.45, 7) is 17.9. The first kappa shape index (κ1) is 87.4. The number of aliphatic imine (C=N–C) groups is 2. The topological polar surface area (TPSA) is 70.8 Å². The van der Waals surface area contributed by atoms with Gasteiger partial charge in [-0.1, -0.05) is 360 Å². The Hall–Kier alpha value is -3.61. The van der Waals surface area contributed by atoms with E-state index >= 15 is 0 Å². The Balaban J connectivity index is 0.00000236. The van der Waals surface area contributed by atoms with Crippen LogP contribution >= 0.6 is 0 Å². The van der Waals surface area contributed by atoms with Gasteiger partial charge in [0.2, 0.25) is 0 Å². The van der Waals surface area contributed by atoms with E-state index in [1.54, 1.807) is 0 Å². The molecule has 0 N–H and O–H groups in total. The van der Waals surface area contributed by atoms with Crippen LogP contribution in [0.5, 0.6) is 11.5 Å². The fourth-order valence-corrected chi connectivity index (χ4v) is 13.0. The molecular formula is C88H146N2NiO2. The van der Waals surface area contributed by atoms with E-state index in [0.29, 0.717) is 12.0 Å². The van der Waals surface area contributed by atoms with Gasteiger partial charge in [0.15, 0.2) is 0 Å². The maximum atomic E-state index is 11.4. The van der Waals surface area contributed by atoms with E-state index in [-0.39, 0.29) is 28.0 Å². The maximum Gasteiger partial charge on any atom is 2.00 e. The van der Waals surface area contributed by atoms with Crippen molar-refractivity contribution in [3.63, 3.8) is 0 Å². The third kappa shape index (κ3) is 47.1. The Bertz CT molecular complexity index is 2350. The molecule has 0 amide bonds. The molecule has 0 spiro atoms. The van der Waals surface area contributed by atoms with E-state index in [2.05, 4.69) is 109 Å². The Kier molecular flexibility index (Phi) is 60.5. The number of rotatable bonds is 59. The van der Waals surface area contributed by atoms with Crippen molar-refractivity contribution >= 4 is 22.8 Å². The zero-order chi connectivity index (χ0) is 66.4. The van der Waals surface area contributed by atoms with Gasteiger partial charge in [-0.2, -0.15) is 0 Å². The van der Waals surface area contributed by atoms with Crippen molar-refractivity contribution in [2.75, 3.05) is 0 Å². The van der Waals surface area contributed by atoms with Crippen LogP contribution in [-0.2, 0) is 55.0 Å². The van der Waals surface area contributed by atoms with Gasteiger partial charge in [-0.3, -0.25) is 0 Å². The first-order valence-corrected chi connectivity index (χ1v) is 40.3. The summed E-state index contributed by atoms with van der Waals surface area (Å²) in [5.41, 5.74) is 11.5. The molecule has 93 heavy (non-hydrogen) atoms. The number of hydrogen-bond donors (Lipinski definition) is 0. The Labute approximate surface area is 588 Å². The van der Waals surface area contributed by atoms with Crippen molar-refractivity contribution in [2.45, 2.75) is 415 Å². The molecule has 5 heteroatoms. The molecule has 3 rings (SSSR count). The summed E-state index contributed by atoms with van der Waals surface area (Å²) in [5, 5.41) is 22.7. The van der Waals surface area contributed by atoms with Gasteiger partial charge in [0.05, 0.1) is 17.1 Å². The van der Waals surface area contributed by atoms with Crippen LogP contribution in [0.2, 0.25) is 0 Å². The predicted molar refractivity (Wildman–Crippen MR) is 408 cm³/mol. The molecule has 0 heterocycles. The molecule has 530 valence electrons. The second-order valence-electron chi connectivity index (χ2n) is 27.8. The average molecular weight is 1320 g/mol. The van der Waals surface area contributed by atoms with Crippen LogP contribution in [0, 0.1) is 11.8 Å². The number of benzene rings is 3. The van der Waals surface area contributed by atoms with E-state index in [4.69, 9.17) is 9.98 Å². The monoisotopic (exact) mass is 1320 g/mol. The molecule has 0 saturated heterocycles. The van der Waals surface area contributed by atoms with E-state index < -0.39 is 0 Å². The van der Waals surface area contributed by atoms with E-state index in [0.717, 1.165) is 86.1 Å². The van der Waals surface area contributed by atoms with E-state index in [9.17, 15) is 10.2 Å². The summed E-state index contributed by atoms with van der Waals surface area (Å²) in [5.74, 6) is 6.69. The average Bonchev–Trinajstić information content (AvgIpc) is 1.74. The van der Waals surface area contributed by atoms with Crippen LogP contribution in [0.15, 0.2) is 70.7 Å². The minimum atomic E-state index is -0.346. The van der Waals surface area contributed by atoms with Crippen molar-refractivity contribution in [2.24, 2.45) is 9.98 Å². The van der Waals surface area contributed by atoms with Crippen LogP contribution < -0.4 is 10.2 Å². The van der Waals surface area contributed by atoms with Crippen molar-refractivity contribution in [1.82, 2.24) is 0 Å². The van der Waals surface area contributed by atoms with Gasteiger partial charge in [-0.15, -0.1) is 11.5 Å². The van der Waals surface area contributed by atoms with E-state index in [1.165, 1.54) is 324 Å².